The number of alkyl halides is 1. The van der Waals surface area contributed by atoms with Crippen LogP contribution in [0.15, 0.2) is 18.2 Å². The Hall–Kier alpha value is -1.91. The Morgan fingerprint density at radius 2 is 2.28 bits per heavy atom. The van der Waals surface area contributed by atoms with Crippen LogP contribution in [0.4, 0.5) is 4.39 Å². The molecule has 18 heavy (non-hydrogen) atoms. The van der Waals surface area contributed by atoms with Gasteiger partial charge in [-0.25, -0.2) is 14.2 Å². The molecule has 1 aromatic carbocycles. The Morgan fingerprint density at radius 1 is 1.50 bits per heavy atom. The van der Waals surface area contributed by atoms with Crippen molar-refractivity contribution in [1.29, 1.82) is 0 Å². The fourth-order valence-corrected chi connectivity index (χ4v) is 2.34. The zero-order valence-electron chi connectivity index (χ0n) is 9.77. The lowest BCUT2D eigenvalue weighted by atomic mass is 10.2. The molecule has 0 aliphatic heterocycles. The largest absolute Gasteiger partial charge is 0.478 e. The van der Waals surface area contributed by atoms with Crippen LogP contribution in [0.3, 0.4) is 0 Å². The number of hydrogen-bond donors (Lipinski definition) is 1. The van der Waals surface area contributed by atoms with Gasteiger partial charge in [0, 0.05) is 5.92 Å². The van der Waals surface area contributed by atoms with Crippen molar-refractivity contribution in [3.8, 4) is 0 Å². The first kappa shape index (κ1) is 11.2. The van der Waals surface area contributed by atoms with Gasteiger partial charge >= 0.3 is 5.97 Å². The summed E-state index contributed by atoms with van der Waals surface area (Å²) in [5.41, 5.74) is 1.38. The van der Waals surface area contributed by atoms with Crippen LogP contribution < -0.4 is 0 Å². The standard InChI is InChI=1S/C13H13FN2O2/c14-6-7-16-11-9(13(17)18)2-1-3-10(11)15-12(16)8-4-5-8/h1-3,8H,4-7H2,(H,17,18). The van der Waals surface area contributed by atoms with Crippen LogP contribution in [0.25, 0.3) is 11.0 Å². The number of aromatic nitrogens is 2. The molecule has 0 saturated heterocycles. The number of fused-ring (bicyclic) bond motifs is 1. The van der Waals surface area contributed by atoms with Crippen LogP contribution >= 0.6 is 0 Å². The van der Waals surface area contributed by atoms with E-state index in [9.17, 15) is 14.3 Å². The molecule has 2 aromatic rings. The lowest BCUT2D eigenvalue weighted by Crippen LogP contribution is -2.07. The van der Waals surface area contributed by atoms with Crippen molar-refractivity contribution in [3.63, 3.8) is 0 Å². The van der Waals surface area contributed by atoms with E-state index < -0.39 is 12.6 Å². The van der Waals surface area contributed by atoms with Crippen LogP contribution in [0.1, 0.15) is 34.9 Å². The normalized spacial score (nSPS) is 15.2. The van der Waals surface area contributed by atoms with Gasteiger partial charge in [-0.15, -0.1) is 0 Å². The molecule has 0 amide bonds. The molecule has 4 nitrogen and oxygen atoms in total. The summed E-state index contributed by atoms with van der Waals surface area (Å²) in [6.45, 7) is -0.342. The molecule has 0 spiro atoms. The molecule has 0 atom stereocenters. The van der Waals surface area contributed by atoms with Crippen LogP contribution in [0.5, 0.6) is 0 Å². The smallest absolute Gasteiger partial charge is 0.337 e. The third kappa shape index (κ3) is 1.66. The topological polar surface area (TPSA) is 55.1 Å². The predicted octanol–water partition coefficient (Wildman–Crippen LogP) is 2.58. The van der Waals surface area contributed by atoms with E-state index in [1.165, 1.54) is 6.07 Å². The number of carbonyl (C=O) groups is 1. The van der Waals surface area contributed by atoms with Crippen molar-refractivity contribution < 1.29 is 14.3 Å². The van der Waals surface area contributed by atoms with Gasteiger partial charge in [-0.3, -0.25) is 0 Å². The second kappa shape index (κ2) is 4.08. The molecule has 0 unspecified atom stereocenters. The maximum absolute atomic E-state index is 12.7. The molecule has 5 heteroatoms. The maximum Gasteiger partial charge on any atom is 0.337 e. The first-order chi connectivity index (χ1) is 8.72. The van der Waals surface area contributed by atoms with Crippen LogP contribution in [-0.2, 0) is 6.54 Å². The van der Waals surface area contributed by atoms with Crippen molar-refractivity contribution in [2.45, 2.75) is 25.3 Å². The summed E-state index contributed by atoms with van der Waals surface area (Å²) >= 11 is 0. The summed E-state index contributed by atoms with van der Waals surface area (Å²) < 4.78 is 14.4. The van der Waals surface area contributed by atoms with Gasteiger partial charge in [0.2, 0.25) is 0 Å². The van der Waals surface area contributed by atoms with E-state index in [-0.39, 0.29) is 12.1 Å². The van der Waals surface area contributed by atoms with Gasteiger partial charge in [0.1, 0.15) is 12.5 Å². The first-order valence-corrected chi connectivity index (χ1v) is 6.00. The molecule has 1 N–H and O–H groups in total. The van der Waals surface area contributed by atoms with Gasteiger partial charge in [-0.1, -0.05) is 6.07 Å². The molecule has 1 saturated carbocycles. The molecule has 1 aliphatic carbocycles. The summed E-state index contributed by atoms with van der Waals surface area (Å²) in [6.07, 6.45) is 2.11. The third-order valence-electron chi connectivity index (χ3n) is 3.28. The highest BCUT2D eigenvalue weighted by Crippen LogP contribution is 2.41. The number of hydrogen-bond acceptors (Lipinski definition) is 2. The number of carboxylic acid groups (broad SMARTS) is 1. The van der Waals surface area contributed by atoms with E-state index >= 15 is 0 Å². The highest BCUT2D eigenvalue weighted by molar-refractivity contribution is 6.01. The van der Waals surface area contributed by atoms with Crippen molar-refractivity contribution in [2.24, 2.45) is 0 Å². The third-order valence-corrected chi connectivity index (χ3v) is 3.28. The van der Waals surface area contributed by atoms with E-state index in [2.05, 4.69) is 4.98 Å². The van der Waals surface area contributed by atoms with E-state index in [1.54, 1.807) is 16.7 Å². The number of aromatic carboxylic acids is 1. The maximum atomic E-state index is 12.7. The number of halogens is 1. The molecule has 1 aromatic heterocycles. The summed E-state index contributed by atoms with van der Waals surface area (Å²) in [6, 6.07) is 5.00. The summed E-state index contributed by atoms with van der Waals surface area (Å²) in [4.78, 5) is 15.7. The van der Waals surface area contributed by atoms with Gasteiger partial charge in [-0.2, -0.15) is 0 Å². The highest BCUT2D eigenvalue weighted by atomic mass is 19.1. The molecule has 1 fully saturated rings. The predicted molar refractivity (Wildman–Crippen MR) is 64.6 cm³/mol. The van der Waals surface area contributed by atoms with Crippen LogP contribution in [0.2, 0.25) is 0 Å². The van der Waals surface area contributed by atoms with Gasteiger partial charge in [0.05, 0.1) is 23.1 Å². The zero-order valence-corrected chi connectivity index (χ0v) is 9.77. The average Bonchev–Trinajstić information content (AvgIpc) is 3.13. The number of carboxylic acids is 1. The first-order valence-electron chi connectivity index (χ1n) is 6.00. The average molecular weight is 248 g/mol. The number of benzene rings is 1. The number of nitrogens with zero attached hydrogens (tertiary/aromatic N) is 2. The molecular formula is C13H13FN2O2. The summed E-state index contributed by atoms with van der Waals surface area (Å²) in [5.74, 6) is 0.199. The number of imidazole rings is 1. The Kier molecular flexibility index (Phi) is 2.54. The van der Waals surface area contributed by atoms with E-state index in [0.717, 1.165) is 18.7 Å². The minimum absolute atomic E-state index is 0.173. The Bertz CT molecular complexity index is 617. The van der Waals surface area contributed by atoms with Crippen molar-refractivity contribution in [3.05, 3.63) is 29.6 Å². The Labute approximate surface area is 103 Å². The monoisotopic (exact) mass is 248 g/mol. The highest BCUT2D eigenvalue weighted by Gasteiger charge is 2.30. The minimum Gasteiger partial charge on any atom is -0.478 e. The second-order valence-corrected chi connectivity index (χ2v) is 4.56. The lowest BCUT2D eigenvalue weighted by molar-refractivity contribution is 0.0698. The van der Waals surface area contributed by atoms with Gasteiger partial charge in [0.25, 0.3) is 0 Å². The van der Waals surface area contributed by atoms with Crippen molar-refractivity contribution in [1.82, 2.24) is 9.55 Å². The minimum atomic E-state index is -0.997. The molecule has 0 bridgehead atoms. The fourth-order valence-electron chi connectivity index (χ4n) is 2.34. The Balaban J connectivity index is 2.28. The summed E-state index contributed by atoms with van der Waals surface area (Å²) in [7, 11) is 0. The van der Waals surface area contributed by atoms with E-state index in [4.69, 9.17) is 0 Å². The quantitative estimate of drug-likeness (QED) is 0.904. The van der Waals surface area contributed by atoms with Crippen molar-refractivity contribution in [2.75, 3.05) is 6.67 Å². The van der Waals surface area contributed by atoms with E-state index in [1.807, 2.05) is 0 Å². The van der Waals surface area contributed by atoms with Gasteiger partial charge in [-0.05, 0) is 25.0 Å². The van der Waals surface area contributed by atoms with Gasteiger partial charge < -0.3 is 9.67 Å². The molecule has 0 radical (unpaired) electrons. The molecule has 1 aliphatic rings. The van der Waals surface area contributed by atoms with E-state index in [0.29, 0.717) is 17.0 Å². The fraction of sp³-hybridized carbons (Fsp3) is 0.385. The molecular weight excluding hydrogens is 235 g/mol. The van der Waals surface area contributed by atoms with Gasteiger partial charge in [0.15, 0.2) is 0 Å². The lowest BCUT2D eigenvalue weighted by Gasteiger charge is -2.07. The van der Waals surface area contributed by atoms with Crippen LogP contribution in [0, 0.1) is 0 Å². The number of aryl methyl sites for hydroxylation is 1. The Morgan fingerprint density at radius 3 is 2.89 bits per heavy atom. The van der Waals surface area contributed by atoms with Crippen molar-refractivity contribution >= 4 is 17.0 Å². The second-order valence-electron chi connectivity index (χ2n) is 4.56. The molecule has 1 heterocycles. The molecule has 94 valence electrons. The zero-order chi connectivity index (χ0) is 12.7. The number of para-hydroxylation sites is 1. The SMILES string of the molecule is O=C(O)c1cccc2nc(C3CC3)n(CCF)c12. The summed E-state index contributed by atoms with van der Waals surface area (Å²) in [5, 5.41) is 9.20. The van der Waals surface area contributed by atoms with Crippen LogP contribution in [-0.4, -0.2) is 27.3 Å². The molecule has 3 rings (SSSR count). The number of rotatable bonds is 4.